The van der Waals surface area contributed by atoms with Gasteiger partial charge in [-0.1, -0.05) is 20.8 Å². The van der Waals surface area contributed by atoms with E-state index in [0.717, 1.165) is 6.42 Å². The molecule has 22 heavy (non-hydrogen) atoms. The molecule has 0 bridgehead atoms. The van der Waals surface area contributed by atoms with Gasteiger partial charge in [0.2, 0.25) is 0 Å². The molecule has 0 aromatic heterocycles. The van der Waals surface area contributed by atoms with Crippen molar-refractivity contribution >= 4 is 0 Å². The van der Waals surface area contributed by atoms with Crippen molar-refractivity contribution < 1.29 is 19.7 Å². The summed E-state index contributed by atoms with van der Waals surface area (Å²) in [6.07, 6.45) is -2.37. The number of aliphatic hydroxyl groups is 2. The summed E-state index contributed by atoms with van der Waals surface area (Å²) in [6, 6.07) is -0.975. The molecular formula is C15H31N3O4. The van der Waals surface area contributed by atoms with Gasteiger partial charge in [-0.05, 0) is 18.3 Å². The van der Waals surface area contributed by atoms with E-state index in [1.807, 2.05) is 13.8 Å². The molecule has 130 valence electrons. The van der Waals surface area contributed by atoms with Crippen molar-refractivity contribution in [2.24, 2.45) is 35.0 Å². The van der Waals surface area contributed by atoms with Crippen molar-refractivity contribution in [3.05, 3.63) is 0 Å². The zero-order chi connectivity index (χ0) is 16.6. The minimum atomic E-state index is -0.814. The summed E-state index contributed by atoms with van der Waals surface area (Å²) in [5.41, 5.74) is 17.9. The number of nitrogens with two attached hydrogens (primary N) is 3. The van der Waals surface area contributed by atoms with Crippen molar-refractivity contribution in [2.45, 2.75) is 70.0 Å². The van der Waals surface area contributed by atoms with E-state index < -0.39 is 30.6 Å². The van der Waals surface area contributed by atoms with Crippen LogP contribution in [0, 0.1) is 17.8 Å². The van der Waals surface area contributed by atoms with Crippen molar-refractivity contribution in [3.8, 4) is 0 Å². The summed E-state index contributed by atoms with van der Waals surface area (Å²) >= 11 is 0. The standard InChI is InChI=1S/C15H31N3O4/c1-6-4-9(17)14(13(20)7(6)2)22-15-11(18)12(19)8(3)10(5-16)21-15/h6-15,19-20H,4-5,16-18H2,1-3H3. The normalized spacial score (nSPS) is 53.5. The molecule has 1 saturated heterocycles. The van der Waals surface area contributed by atoms with Crippen LogP contribution in [0.25, 0.3) is 0 Å². The van der Waals surface area contributed by atoms with Crippen LogP contribution in [-0.2, 0) is 9.47 Å². The first kappa shape index (κ1) is 18.1. The van der Waals surface area contributed by atoms with E-state index in [4.69, 9.17) is 26.7 Å². The number of hydrogen-bond acceptors (Lipinski definition) is 7. The Balaban J connectivity index is 2.08. The summed E-state index contributed by atoms with van der Waals surface area (Å²) in [6.45, 7) is 6.18. The molecule has 8 N–H and O–H groups in total. The maximum Gasteiger partial charge on any atom is 0.176 e. The maximum absolute atomic E-state index is 10.4. The summed E-state index contributed by atoms with van der Waals surface area (Å²) in [5, 5.41) is 20.7. The van der Waals surface area contributed by atoms with Gasteiger partial charge in [0, 0.05) is 18.5 Å². The molecule has 0 amide bonds. The molecule has 2 rings (SSSR count). The van der Waals surface area contributed by atoms with Crippen LogP contribution in [0.4, 0.5) is 0 Å². The van der Waals surface area contributed by atoms with E-state index in [-0.39, 0.29) is 30.5 Å². The van der Waals surface area contributed by atoms with Gasteiger partial charge in [0.1, 0.15) is 6.10 Å². The van der Waals surface area contributed by atoms with Crippen molar-refractivity contribution in [3.63, 3.8) is 0 Å². The molecule has 2 fully saturated rings. The van der Waals surface area contributed by atoms with Gasteiger partial charge < -0.3 is 36.9 Å². The Labute approximate surface area is 132 Å². The Hall–Kier alpha value is -0.280. The average Bonchev–Trinajstić information content (AvgIpc) is 2.49. The molecule has 1 aliphatic carbocycles. The van der Waals surface area contributed by atoms with Crippen LogP contribution in [0.3, 0.4) is 0 Å². The van der Waals surface area contributed by atoms with E-state index in [1.54, 1.807) is 0 Å². The van der Waals surface area contributed by atoms with Gasteiger partial charge in [-0.3, -0.25) is 0 Å². The molecule has 1 aliphatic heterocycles. The first-order chi connectivity index (χ1) is 10.3. The molecule has 0 aromatic carbocycles. The summed E-state index contributed by atoms with van der Waals surface area (Å²) < 4.78 is 11.7. The smallest absolute Gasteiger partial charge is 0.176 e. The first-order valence-corrected chi connectivity index (χ1v) is 8.16. The maximum atomic E-state index is 10.4. The Morgan fingerprint density at radius 1 is 1.09 bits per heavy atom. The van der Waals surface area contributed by atoms with Gasteiger partial charge in [0.05, 0.1) is 24.4 Å². The van der Waals surface area contributed by atoms with Crippen LogP contribution >= 0.6 is 0 Å². The highest BCUT2D eigenvalue weighted by Gasteiger charge is 2.46. The fraction of sp³-hybridized carbons (Fsp3) is 1.00. The lowest BCUT2D eigenvalue weighted by Gasteiger charge is -2.46. The Kier molecular flexibility index (Phi) is 5.82. The Morgan fingerprint density at radius 3 is 2.32 bits per heavy atom. The first-order valence-electron chi connectivity index (χ1n) is 8.16. The van der Waals surface area contributed by atoms with E-state index in [0.29, 0.717) is 5.92 Å². The quantitative estimate of drug-likeness (QED) is 0.438. The molecule has 0 spiro atoms. The highest BCUT2D eigenvalue weighted by atomic mass is 16.7. The third-order valence-corrected chi connectivity index (χ3v) is 5.51. The lowest BCUT2D eigenvalue weighted by atomic mass is 9.75. The van der Waals surface area contributed by atoms with E-state index in [2.05, 4.69) is 6.92 Å². The lowest BCUT2D eigenvalue weighted by Crippen LogP contribution is -2.63. The highest BCUT2D eigenvalue weighted by molar-refractivity contribution is 4.95. The Bertz CT molecular complexity index is 371. The second kappa shape index (κ2) is 7.09. The molecule has 0 radical (unpaired) electrons. The zero-order valence-corrected chi connectivity index (χ0v) is 13.6. The molecule has 0 aromatic rings. The van der Waals surface area contributed by atoms with Gasteiger partial charge in [-0.15, -0.1) is 0 Å². The van der Waals surface area contributed by atoms with Crippen LogP contribution in [0.15, 0.2) is 0 Å². The zero-order valence-electron chi connectivity index (χ0n) is 13.6. The van der Waals surface area contributed by atoms with E-state index in [9.17, 15) is 10.2 Å². The van der Waals surface area contributed by atoms with Crippen molar-refractivity contribution in [1.82, 2.24) is 0 Å². The van der Waals surface area contributed by atoms with Crippen LogP contribution in [0.5, 0.6) is 0 Å². The number of hydrogen-bond donors (Lipinski definition) is 5. The minimum absolute atomic E-state index is 0.0822. The minimum Gasteiger partial charge on any atom is -0.391 e. The van der Waals surface area contributed by atoms with Crippen molar-refractivity contribution in [1.29, 1.82) is 0 Å². The highest BCUT2D eigenvalue weighted by Crippen LogP contribution is 2.33. The Morgan fingerprint density at radius 2 is 1.73 bits per heavy atom. The summed E-state index contributed by atoms with van der Waals surface area (Å²) in [7, 11) is 0. The van der Waals surface area contributed by atoms with Crippen LogP contribution < -0.4 is 17.2 Å². The fourth-order valence-electron chi connectivity index (χ4n) is 3.51. The van der Waals surface area contributed by atoms with Crippen LogP contribution in [0.1, 0.15) is 27.2 Å². The summed E-state index contributed by atoms with van der Waals surface area (Å²) in [5.74, 6) is 0.246. The SMILES string of the molecule is CC1CC(N)C(OC2OC(CN)C(C)C(O)C2N)C(O)C1C. The molecular weight excluding hydrogens is 286 g/mol. The van der Waals surface area contributed by atoms with Crippen LogP contribution in [-0.4, -0.2) is 59.5 Å². The van der Waals surface area contributed by atoms with Gasteiger partial charge in [0.15, 0.2) is 6.29 Å². The predicted molar refractivity (Wildman–Crippen MR) is 82.7 cm³/mol. The number of ether oxygens (including phenoxy) is 2. The molecule has 2 aliphatic rings. The van der Waals surface area contributed by atoms with Crippen LogP contribution in [0.2, 0.25) is 0 Å². The third-order valence-electron chi connectivity index (χ3n) is 5.51. The topological polar surface area (TPSA) is 137 Å². The molecule has 1 heterocycles. The largest absolute Gasteiger partial charge is 0.391 e. The number of aliphatic hydroxyl groups excluding tert-OH is 2. The molecule has 10 unspecified atom stereocenters. The molecule has 1 saturated carbocycles. The van der Waals surface area contributed by atoms with Gasteiger partial charge >= 0.3 is 0 Å². The molecule has 7 heteroatoms. The second-order valence-electron chi connectivity index (χ2n) is 7.03. The third kappa shape index (κ3) is 3.31. The van der Waals surface area contributed by atoms with Gasteiger partial charge in [-0.2, -0.15) is 0 Å². The lowest BCUT2D eigenvalue weighted by molar-refractivity contribution is -0.276. The number of rotatable bonds is 3. The van der Waals surface area contributed by atoms with E-state index in [1.165, 1.54) is 0 Å². The molecule has 7 nitrogen and oxygen atoms in total. The van der Waals surface area contributed by atoms with Crippen molar-refractivity contribution in [2.75, 3.05) is 6.54 Å². The average molecular weight is 317 g/mol. The summed E-state index contributed by atoms with van der Waals surface area (Å²) in [4.78, 5) is 0. The monoisotopic (exact) mass is 317 g/mol. The second-order valence-corrected chi connectivity index (χ2v) is 7.03. The molecule has 10 atom stereocenters. The van der Waals surface area contributed by atoms with Gasteiger partial charge in [-0.25, -0.2) is 0 Å². The predicted octanol–water partition coefficient (Wildman–Crippen LogP) is -1.26. The van der Waals surface area contributed by atoms with Gasteiger partial charge in [0.25, 0.3) is 0 Å². The fourth-order valence-corrected chi connectivity index (χ4v) is 3.51. The van der Waals surface area contributed by atoms with E-state index >= 15 is 0 Å².